The fourth-order valence-electron chi connectivity index (χ4n) is 8.64. The maximum absolute atomic E-state index is 2.81. The molecule has 2 unspecified atom stereocenters. The van der Waals surface area contributed by atoms with Crippen molar-refractivity contribution in [1.82, 2.24) is 0 Å². The molecule has 0 heterocycles. The summed E-state index contributed by atoms with van der Waals surface area (Å²) in [4.78, 5) is 0. The average Bonchev–Trinajstić information content (AvgIpc) is 3.60. The van der Waals surface area contributed by atoms with Crippen molar-refractivity contribution in [3.8, 4) is 22.3 Å². The molecule has 6 aromatic carbocycles. The van der Waals surface area contributed by atoms with Gasteiger partial charge in [0.05, 0.1) is 0 Å². The van der Waals surface area contributed by atoms with Crippen LogP contribution in [-0.4, -0.2) is 7.37 Å². The topological polar surface area (TPSA) is 0 Å². The van der Waals surface area contributed by atoms with E-state index in [1.54, 1.807) is 22.3 Å². The first-order chi connectivity index (χ1) is 22.3. The molecular weight excluding hydrogens is 719 g/mol. The third kappa shape index (κ3) is 6.16. The van der Waals surface area contributed by atoms with Crippen molar-refractivity contribution in [2.24, 2.45) is 0 Å². The third-order valence-electron chi connectivity index (χ3n) is 10.2. The molecule has 2 atom stereocenters. The van der Waals surface area contributed by atoms with Gasteiger partial charge in [0.2, 0.25) is 0 Å². The van der Waals surface area contributed by atoms with Gasteiger partial charge in [-0.15, -0.1) is 24.8 Å². The summed E-state index contributed by atoms with van der Waals surface area (Å²) < 4.78 is 3.97. The number of halogens is 2. The summed E-state index contributed by atoms with van der Waals surface area (Å²) in [6.07, 6.45) is 6.34. The molecule has 0 saturated heterocycles. The van der Waals surface area contributed by atoms with Crippen LogP contribution in [-0.2, 0) is 19.4 Å². The van der Waals surface area contributed by atoms with E-state index >= 15 is 0 Å². The molecule has 0 aromatic heterocycles. The molecule has 48 heavy (non-hydrogen) atoms. The van der Waals surface area contributed by atoms with Gasteiger partial charge in [-0.3, -0.25) is 0 Å². The minimum Gasteiger partial charge on any atom is -0.147 e. The van der Waals surface area contributed by atoms with Crippen LogP contribution in [0.3, 0.4) is 0 Å². The van der Waals surface area contributed by atoms with Crippen molar-refractivity contribution in [1.29, 1.82) is 0 Å². The van der Waals surface area contributed by atoms with Crippen LogP contribution < -0.4 is 0 Å². The molecule has 0 radical (unpaired) electrons. The molecule has 0 bridgehead atoms. The Morgan fingerprint density at radius 1 is 0.500 bits per heavy atom. The van der Waals surface area contributed by atoms with Gasteiger partial charge in [-0.25, -0.2) is 0 Å². The number of allylic oxidation sites excluding steroid dienone is 2. The van der Waals surface area contributed by atoms with Crippen LogP contribution in [0, 0.1) is 0 Å². The quantitative estimate of drug-likeness (QED) is 0.157. The van der Waals surface area contributed by atoms with Crippen molar-refractivity contribution in [2.75, 3.05) is 0 Å². The van der Waals surface area contributed by atoms with E-state index in [0.29, 0.717) is 7.25 Å². The molecule has 6 aromatic rings. The second-order valence-corrected chi connectivity index (χ2v) is 38.4. The van der Waals surface area contributed by atoms with Crippen molar-refractivity contribution < 1.29 is 19.4 Å². The molecule has 8 rings (SSSR count). The second-order valence-electron chi connectivity index (χ2n) is 13.8. The maximum atomic E-state index is 2.77. The Labute approximate surface area is 306 Å². The van der Waals surface area contributed by atoms with E-state index in [0.717, 1.165) is 0 Å². The Hall–Kier alpha value is -3.00. The summed E-state index contributed by atoms with van der Waals surface area (Å²) in [6, 6.07) is 45.4. The van der Waals surface area contributed by atoms with Crippen molar-refractivity contribution >= 4 is 65.9 Å². The zero-order valence-corrected chi connectivity index (χ0v) is 35.0. The molecular formula is C44H46Cl2SiZr. The Bertz CT molecular complexity index is 2010. The van der Waals surface area contributed by atoms with E-state index in [9.17, 15) is 0 Å². The Morgan fingerprint density at radius 3 is 1.25 bits per heavy atom. The minimum atomic E-state index is -2.81. The monoisotopic (exact) mass is 762 g/mol. The summed E-state index contributed by atoms with van der Waals surface area (Å²) in [5.41, 5.74) is 14.7. The summed E-state index contributed by atoms with van der Waals surface area (Å²) in [6.45, 7) is 9.10. The van der Waals surface area contributed by atoms with Crippen LogP contribution in [0.5, 0.6) is 0 Å². The second kappa shape index (κ2) is 14.9. The summed E-state index contributed by atoms with van der Waals surface area (Å²) in [5.74, 6) is 0. The van der Waals surface area contributed by atoms with E-state index in [2.05, 4.69) is 166 Å². The van der Waals surface area contributed by atoms with Gasteiger partial charge >= 0.3 is 263 Å². The van der Waals surface area contributed by atoms with Crippen LogP contribution in [0.4, 0.5) is 0 Å². The molecule has 0 nitrogen and oxygen atoms in total. The predicted molar refractivity (Wildman–Crippen MR) is 218 cm³/mol. The molecule has 244 valence electrons. The zero-order chi connectivity index (χ0) is 32.0. The maximum Gasteiger partial charge on any atom is -0.0590 e. The number of hydrogen-bond acceptors (Lipinski definition) is 0. The molecule has 0 spiro atoms. The summed E-state index contributed by atoms with van der Waals surface area (Å²) >= 11 is -2.81. The fraction of sp³-hybridized carbons (Fsp3) is 0.182. The van der Waals surface area contributed by atoms with E-state index < -0.39 is 19.4 Å². The van der Waals surface area contributed by atoms with Crippen molar-refractivity contribution in [2.45, 2.75) is 46.0 Å². The standard InChI is InChI=1S/2C20H15.C3H8.CH3.2ClH.H3Si.Zr/c2*1-14-12-16-8-5-11-19(20(16)13-14)18-10-4-7-15-6-2-3-9-17(15)18;1-3-2;;;;;/h2*2-13H,1H3;3H2,1-2H3;1H3;2*1H;1H3;. The van der Waals surface area contributed by atoms with Gasteiger partial charge in [-0.2, -0.15) is 0 Å². The molecule has 2 aliphatic rings. The van der Waals surface area contributed by atoms with E-state index in [4.69, 9.17) is 0 Å². The van der Waals surface area contributed by atoms with Crippen LogP contribution >= 0.6 is 24.8 Å². The van der Waals surface area contributed by atoms with Crippen molar-refractivity contribution in [3.05, 3.63) is 155 Å². The first-order valence-electron chi connectivity index (χ1n) is 16.9. The predicted octanol–water partition coefficient (Wildman–Crippen LogP) is 12.7. The summed E-state index contributed by atoms with van der Waals surface area (Å²) in [7, 11) is 1.28. The fourth-order valence-corrected chi connectivity index (χ4v) is 29.9. The largest absolute Gasteiger partial charge is 0.147 e. The average molecular weight is 765 g/mol. The van der Waals surface area contributed by atoms with Gasteiger partial charge in [0.1, 0.15) is 0 Å². The number of fused-ring (bicyclic) bond motifs is 4. The first kappa shape index (κ1) is 36.3. The molecule has 0 saturated carbocycles. The first-order valence-corrected chi connectivity index (χ1v) is 30.6. The van der Waals surface area contributed by atoms with Crippen LogP contribution in [0.15, 0.2) is 132 Å². The number of benzene rings is 6. The third-order valence-corrected chi connectivity index (χ3v) is 28.1. The Morgan fingerprint density at radius 2 is 0.833 bits per heavy atom. The van der Waals surface area contributed by atoms with Crippen LogP contribution in [0.25, 0.3) is 56.0 Å². The molecule has 0 N–H and O–H groups in total. The van der Waals surface area contributed by atoms with E-state index in [-0.39, 0.29) is 24.8 Å². The van der Waals surface area contributed by atoms with Gasteiger partial charge < -0.3 is 0 Å². The number of rotatable bonds is 4. The molecule has 0 aliphatic heterocycles. The van der Waals surface area contributed by atoms with E-state index in [1.807, 2.05) is 0 Å². The van der Waals surface area contributed by atoms with Gasteiger partial charge in [-0.05, 0) is 0 Å². The summed E-state index contributed by atoms with van der Waals surface area (Å²) in [5, 5.41) is 5.30. The molecule has 0 amide bonds. The smallest absolute Gasteiger partial charge is 0.0590 e. The van der Waals surface area contributed by atoms with E-state index in [1.165, 1.54) is 68.7 Å². The van der Waals surface area contributed by atoms with Crippen LogP contribution in [0.2, 0.25) is 4.63 Å². The van der Waals surface area contributed by atoms with Crippen molar-refractivity contribution in [3.63, 3.8) is 0 Å². The molecule has 2 aliphatic carbocycles. The van der Waals surface area contributed by atoms with Crippen LogP contribution in [0.1, 0.15) is 63.6 Å². The number of hydrogen-bond donors (Lipinski definition) is 0. The Kier molecular flexibility index (Phi) is 11.2. The Balaban J connectivity index is 0.000000871. The minimum absolute atomic E-state index is 0. The SMILES string of the molecule is CC1=Cc2c(-c3cccc4ccccc34)cccc2[CH]1[Zr]([CH3])([SiH3])[CH]1C(C)=Cc2c(-c3cccc4ccccc34)cccc21.CCC.Cl.Cl. The van der Waals surface area contributed by atoms with Gasteiger partial charge in [0.25, 0.3) is 0 Å². The van der Waals surface area contributed by atoms with Gasteiger partial charge in [0.15, 0.2) is 0 Å². The van der Waals surface area contributed by atoms with Gasteiger partial charge in [-0.1, -0.05) is 20.3 Å². The molecule has 0 fully saturated rings. The normalized spacial score (nSPS) is 17.2. The zero-order valence-electron chi connectivity index (χ0n) is 28.9. The molecule has 4 heteroatoms. The van der Waals surface area contributed by atoms with Gasteiger partial charge in [0, 0.05) is 0 Å².